The minimum atomic E-state index is -4.50. The number of nitro groups is 1. The van der Waals surface area contributed by atoms with E-state index in [2.05, 4.69) is 4.40 Å². The van der Waals surface area contributed by atoms with Gasteiger partial charge in [0.1, 0.15) is 28.7 Å². The summed E-state index contributed by atoms with van der Waals surface area (Å²) in [7, 11) is -1.69. The highest BCUT2D eigenvalue weighted by atomic mass is 32.2. The van der Waals surface area contributed by atoms with Crippen LogP contribution in [-0.4, -0.2) is 52.3 Å². The zero-order valence-corrected chi connectivity index (χ0v) is 16.2. The summed E-state index contributed by atoms with van der Waals surface area (Å²) in [6.45, 7) is 1.82. The van der Waals surface area contributed by atoms with Crippen molar-refractivity contribution in [3.8, 4) is 5.75 Å². The molecule has 0 radical (unpaired) electrons. The second-order valence-electron chi connectivity index (χ2n) is 5.59. The van der Waals surface area contributed by atoms with Crippen LogP contribution in [0, 0.1) is 10.1 Å². The first-order valence-corrected chi connectivity index (χ1v) is 9.37. The smallest absolute Gasteiger partial charge is 0.286 e. The Labute approximate surface area is 161 Å². The Bertz CT molecular complexity index is 992. The van der Waals surface area contributed by atoms with E-state index in [1.54, 1.807) is 6.92 Å². The van der Waals surface area contributed by atoms with Crippen molar-refractivity contribution in [1.82, 2.24) is 0 Å². The molecule has 11 heteroatoms. The molecule has 0 aliphatic heterocycles. The van der Waals surface area contributed by atoms with Gasteiger partial charge in [0.05, 0.1) is 18.6 Å². The fourth-order valence-electron chi connectivity index (χ4n) is 2.29. The molecule has 1 aromatic carbocycles. The maximum Gasteiger partial charge on any atom is 0.286 e. The van der Waals surface area contributed by atoms with Crippen LogP contribution in [0.15, 0.2) is 51.0 Å². The topological polar surface area (TPSA) is 134 Å². The molecule has 0 amide bonds. The normalized spacial score (nSPS) is 15.8. The van der Waals surface area contributed by atoms with E-state index >= 15 is 0 Å². The van der Waals surface area contributed by atoms with Crippen molar-refractivity contribution in [2.45, 2.75) is 11.8 Å². The lowest BCUT2D eigenvalue weighted by Crippen LogP contribution is -2.18. The van der Waals surface area contributed by atoms with Crippen LogP contribution in [-0.2, 0) is 24.3 Å². The largest absolute Gasteiger partial charge is 0.496 e. The molecule has 1 aromatic rings. The van der Waals surface area contributed by atoms with E-state index in [1.807, 2.05) is 0 Å². The molecule has 0 bridgehead atoms. The summed E-state index contributed by atoms with van der Waals surface area (Å²) >= 11 is 0. The van der Waals surface area contributed by atoms with Crippen LogP contribution in [0.3, 0.4) is 0 Å². The van der Waals surface area contributed by atoms with Gasteiger partial charge in [-0.15, -0.1) is 0 Å². The van der Waals surface area contributed by atoms with E-state index in [1.165, 1.54) is 26.4 Å². The van der Waals surface area contributed by atoms with Crippen molar-refractivity contribution in [3.05, 3.63) is 51.8 Å². The van der Waals surface area contributed by atoms with Crippen LogP contribution in [0.25, 0.3) is 0 Å². The number of carbonyl (C=O) groups excluding carboxylic acids is 1. The lowest BCUT2D eigenvalue weighted by molar-refractivity contribution is -0.385. The van der Waals surface area contributed by atoms with Gasteiger partial charge in [0.15, 0.2) is 0 Å². The minimum absolute atomic E-state index is 0.0159. The third-order valence-electron chi connectivity index (χ3n) is 3.66. The van der Waals surface area contributed by atoms with Crippen molar-refractivity contribution in [2.75, 3.05) is 27.4 Å². The average Bonchev–Trinajstić information content (AvgIpc) is 2.64. The summed E-state index contributed by atoms with van der Waals surface area (Å²) in [5, 5.41) is 11.0. The van der Waals surface area contributed by atoms with Crippen LogP contribution in [0.5, 0.6) is 5.75 Å². The molecule has 0 N–H and O–H groups in total. The van der Waals surface area contributed by atoms with Crippen molar-refractivity contribution in [2.24, 2.45) is 4.40 Å². The fraction of sp³-hybridized carbons (Fsp3) is 0.294. The van der Waals surface area contributed by atoms with Crippen molar-refractivity contribution in [1.29, 1.82) is 0 Å². The summed E-state index contributed by atoms with van der Waals surface area (Å²) in [4.78, 5) is 21.9. The number of hydrogen-bond acceptors (Lipinski definition) is 8. The SMILES string of the molecule is COCCOc1ccc([N+](=O)[O-])cc1S(=O)(=O)/N=C1\C=C(OC)C(C)=CC1=O. The molecule has 0 fully saturated rings. The highest BCUT2D eigenvalue weighted by Gasteiger charge is 2.26. The average molecular weight is 410 g/mol. The van der Waals surface area contributed by atoms with Gasteiger partial charge >= 0.3 is 0 Å². The molecule has 28 heavy (non-hydrogen) atoms. The molecule has 10 nitrogen and oxygen atoms in total. The van der Waals surface area contributed by atoms with Crippen LogP contribution in [0.4, 0.5) is 5.69 Å². The molecule has 0 saturated carbocycles. The lowest BCUT2D eigenvalue weighted by atomic mass is 10.0. The molecule has 1 aliphatic carbocycles. The van der Waals surface area contributed by atoms with E-state index in [-0.39, 0.29) is 30.4 Å². The van der Waals surface area contributed by atoms with Gasteiger partial charge in [0.2, 0.25) is 5.78 Å². The summed E-state index contributed by atoms with van der Waals surface area (Å²) in [5.74, 6) is -0.490. The Balaban J connectivity index is 2.54. The Hall–Kier alpha value is -3.05. The number of carbonyl (C=O) groups is 1. The number of benzene rings is 1. The zero-order valence-electron chi connectivity index (χ0n) is 15.4. The van der Waals surface area contributed by atoms with Crippen LogP contribution in [0.1, 0.15) is 6.92 Å². The van der Waals surface area contributed by atoms with Crippen LogP contribution >= 0.6 is 0 Å². The summed E-state index contributed by atoms with van der Waals surface area (Å²) in [5.41, 5.74) is -0.323. The molecule has 0 unspecified atom stereocenters. The maximum atomic E-state index is 12.8. The summed E-state index contributed by atoms with van der Waals surface area (Å²) in [6, 6.07) is 3.09. The predicted octanol–water partition coefficient (Wildman–Crippen LogP) is 1.81. The summed E-state index contributed by atoms with van der Waals surface area (Å²) in [6.07, 6.45) is 2.38. The quantitative estimate of drug-likeness (QED) is 0.274. The molecular weight excluding hydrogens is 392 g/mol. The Morgan fingerprint density at radius 2 is 1.89 bits per heavy atom. The van der Waals surface area contributed by atoms with E-state index < -0.39 is 31.3 Å². The number of nitro benzene ring substituents is 1. The third kappa shape index (κ3) is 4.81. The van der Waals surface area contributed by atoms with E-state index in [4.69, 9.17) is 14.2 Å². The number of ether oxygens (including phenoxy) is 3. The zero-order chi connectivity index (χ0) is 20.9. The number of nitrogens with zero attached hydrogens (tertiary/aromatic N) is 2. The molecule has 1 aliphatic rings. The summed E-state index contributed by atoms with van der Waals surface area (Å²) < 4.78 is 44.4. The fourth-order valence-corrected chi connectivity index (χ4v) is 3.44. The molecule has 0 aromatic heterocycles. The monoisotopic (exact) mass is 410 g/mol. The van der Waals surface area contributed by atoms with Gasteiger partial charge in [0.25, 0.3) is 15.7 Å². The number of rotatable bonds is 8. The first-order chi connectivity index (χ1) is 13.2. The molecular formula is C17H18N2O8S. The number of non-ortho nitro benzene ring substituents is 1. The number of ketones is 1. The van der Waals surface area contributed by atoms with Gasteiger partial charge in [0, 0.05) is 25.3 Å². The number of allylic oxidation sites excluding steroid dienone is 3. The second kappa shape index (κ2) is 8.76. The van der Waals surface area contributed by atoms with Crippen molar-refractivity contribution >= 4 is 27.2 Å². The standard InChI is InChI=1S/C17H18N2O8S/c1-11-8-14(20)13(10-16(11)26-3)18-28(23,24)17-9-12(19(21)22)4-5-15(17)27-7-6-25-2/h4-5,8-10H,6-7H2,1-3H3/b18-13+. The Morgan fingerprint density at radius 3 is 2.50 bits per heavy atom. The first-order valence-electron chi connectivity index (χ1n) is 7.93. The maximum absolute atomic E-state index is 12.8. The molecule has 0 heterocycles. The first kappa shape index (κ1) is 21.3. The van der Waals surface area contributed by atoms with E-state index in [9.17, 15) is 23.3 Å². The van der Waals surface area contributed by atoms with E-state index in [0.717, 1.165) is 18.2 Å². The molecule has 2 rings (SSSR count). The lowest BCUT2D eigenvalue weighted by Gasteiger charge is -2.13. The molecule has 0 saturated heterocycles. The van der Waals surface area contributed by atoms with Crippen molar-refractivity contribution < 1.29 is 32.3 Å². The predicted molar refractivity (Wildman–Crippen MR) is 98.9 cm³/mol. The van der Waals surface area contributed by atoms with Crippen LogP contribution < -0.4 is 4.74 Å². The minimum Gasteiger partial charge on any atom is -0.496 e. The molecule has 150 valence electrons. The van der Waals surface area contributed by atoms with Crippen LogP contribution in [0.2, 0.25) is 0 Å². The van der Waals surface area contributed by atoms with Crippen molar-refractivity contribution in [3.63, 3.8) is 0 Å². The van der Waals surface area contributed by atoms with Gasteiger partial charge in [-0.25, -0.2) is 0 Å². The number of hydrogen-bond donors (Lipinski definition) is 0. The van der Waals surface area contributed by atoms with Gasteiger partial charge in [-0.3, -0.25) is 14.9 Å². The third-order valence-corrected chi connectivity index (χ3v) is 4.97. The van der Waals surface area contributed by atoms with Gasteiger partial charge in [-0.1, -0.05) is 0 Å². The van der Waals surface area contributed by atoms with Gasteiger partial charge in [-0.2, -0.15) is 12.8 Å². The number of methoxy groups -OCH3 is 2. The Kier molecular flexibility index (Phi) is 6.65. The number of sulfonamides is 1. The highest BCUT2D eigenvalue weighted by molar-refractivity contribution is 7.90. The molecule has 0 spiro atoms. The highest BCUT2D eigenvalue weighted by Crippen LogP contribution is 2.30. The Morgan fingerprint density at radius 1 is 1.18 bits per heavy atom. The van der Waals surface area contributed by atoms with Gasteiger partial charge in [-0.05, 0) is 24.6 Å². The van der Waals surface area contributed by atoms with E-state index in [0.29, 0.717) is 5.57 Å². The van der Waals surface area contributed by atoms with Gasteiger partial charge < -0.3 is 14.2 Å². The second-order valence-corrected chi connectivity index (χ2v) is 7.16. The molecule has 0 atom stereocenters.